The Morgan fingerprint density at radius 1 is 0.542 bits per heavy atom. The van der Waals surface area contributed by atoms with Crippen molar-refractivity contribution in [2.75, 3.05) is 26.4 Å². The summed E-state index contributed by atoms with van der Waals surface area (Å²) in [5.41, 5.74) is 5.36. The Balaban J connectivity index is 4.19. The number of phosphoric acid groups is 1. The molecule has 0 spiro atoms. The zero-order valence-corrected chi connectivity index (χ0v) is 38.5. The maximum absolute atomic E-state index is 12.7. The second-order valence-corrected chi connectivity index (χ2v) is 17.3. The van der Waals surface area contributed by atoms with Gasteiger partial charge in [-0.1, -0.05) is 172 Å². The van der Waals surface area contributed by atoms with Gasteiger partial charge in [-0.3, -0.25) is 18.6 Å². The molecule has 0 rings (SSSR count). The normalized spacial score (nSPS) is 14.2. The number of ether oxygens (including phenoxy) is 2. The number of aliphatic carboxylic acids is 1. The molecule has 0 amide bonds. The number of carboxylic acids is 1. The van der Waals surface area contributed by atoms with Gasteiger partial charge in [0.15, 0.2) is 0 Å². The highest BCUT2D eigenvalue weighted by Gasteiger charge is 2.27. The Bertz CT molecular complexity index is 1130. The maximum atomic E-state index is 12.7. The Kier molecular flexibility index (Phi) is 42.5. The molecule has 11 heteroatoms. The van der Waals surface area contributed by atoms with Gasteiger partial charge in [-0.2, -0.15) is 0 Å². The van der Waals surface area contributed by atoms with Crippen LogP contribution >= 0.6 is 7.82 Å². The lowest BCUT2D eigenvalue weighted by Gasteiger charge is -2.20. The van der Waals surface area contributed by atoms with Crippen molar-refractivity contribution < 1.29 is 42.7 Å². The summed E-state index contributed by atoms with van der Waals surface area (Å²) in [6, 6.07) is -1.48. The average molecular weight is 854 g/mol. The van der Waals surface area contributed by atoms with E-state index in [0.717, 1.165) is 64.2 Å². The van der Waals surface area contributed by atoms with Crippen molar-refractivity contribution in [1.29, 1.82) is 0 Å². The van der Waals surface area contributed by atoms with Crippen molar-refractivity contribution in [1.82, 2.24) is 0 Å². The van der Waals surface area contributed by atoms with E-state index in [0.29, 0.717) is 13.0 Å². The first-order valence-corrected chi connectivity index (χ1v) is 25.2. The van der Waals surface area contributed by atoms with Gasteiger partial charge in [0.2, 0.25) is 0 Å². The fraction of sp³-hybridized carbons (Fsp3) is 0.792. The molecule has 3 unspecified atom stereocenters. The van der Waals surface area contributed by atoms with Crippen molar-refractivity contribution in [2.45, 2.75) is 219 Å². The van der Waals surface area contributed by atoms with Crippen LogP contribution in [0.5, 0.6) is 0 Å². The van der Waals surface area contributed by atoms with E-state index in [1.807, 2.05) is 0 Å². The van der Waals surface area contributed by atoms with Crippen LogP contribution in [0.15, 0.2) is 48.6 Å². The molecule has 0 aliphatic heterocycles. The van der Waals surface area contributed by atoms with E-state index in [4.69, 9.17) is 29.4 Å². The number of unbranched alkanes of at least 4 members (excludes halogenated alkanes) is 23. The van der Waals surface area contributed by atoms with Crippen LogP contribution in [0.25, 0.3) is 0 Å². The molecule has 0 aromatic rings. The van der Waals surface area contributed by atoms with E-state index in [-0.39, 0.29) is 13.0 Å². The molecule has 0 aliphatic rings. The highest BCUT2D eigenvalue weighted by Crippen LogP contribution is 2.43. The Morgan fingerprint density at radius 3 is 1.42 bits per heavy atom. The van der Waals surface area contributed by atoms with Crippen molar-refractivity contribution in [3.63, 3.8) is 0 Å². The molecule has 0 aliphatic carbocycles. The molecule has 0 fully saturated rings. The molecule has 0 aromatic carbocycles. The average Bonchev–Trinajstić information content (AvgIpc) is 3.21. The van der Waals surface area contributed by atoms with Crippen LogP contribution in [-0.2, 0) is 32.7 Å². The zero-order chi connectivity index (χ0) is 43.3. The molecule has 3 atom stereocenters. The van der Waals surface area contributed by atoms with E-state index in [1.165, 1.54) is 116 Å². The third-order valence-corrected chi connectivity index (χ3v) is 11.0. The predicted octanol–water partition coefficient (Wildman–Crippen LogP) is 13.4. The molecule has 0 saturated heterocycles. The van der Waals surface area contributed by atoms with Gasteiger partial charge in [0, 0.05) is 13.0 Å². The largest absolute Gasteiger partial charge is 0.480 e. The summed E-state index contributed by atoms with van der Waals surface area (Å²) in [5.74, 6) is -1.79. The van der Waals surface area contributed by atoms with E-state index in [2.05, 4.69) is 62.5 Å². The fourth-order valence-electron chi connectivity index (χ4n) is 6.37. The molecule has 59 heavy (non-hydrogen) atoms. The summed E-state index contributed by atoms with van der Waals surface area (Å²) in [6.45, 7) is 3.84. The van der Waals surface area contributed by atoms with Gasteiger partial charge >= 0.3 is 19.8 Å². The van der Waals surface area contributed by atoms with Crippen LogP contribution in [0.4, 0.5) is 0 Å². The third kappa shape index (κ3) is 43.8. The molecule has 10 nitrogen and oxygen atoms in total. The highest BCUT2D eigenvalue weighted by atomic mass is 31.2. The summed E-state index contributed by atoms with van der Waals surface area (Å²) >= 11 is 0. The lowest BCUT2D eigenvalue weighted by Crippen LogP contribution is -2.34. The Labute approximate surface area is 360 Å². The lowest BCUT2D eigenvalue weighted by molar-refractivity contribution is -0.154. The highest BCUT2D eigenvalue weighted by molar-refractivity contribution is 7.47. The number of carbonyl (C=O) groups is 2. The van der Waals surface area contributed by atoms with Gasteiger partial charge in [-0.05, 0) is 77.0 Å². The van der Waals surface area contributed by atoms with Crippen molar-refractivity contribution in [2.24, 2.45) is 5.73 Å². The third-order valence-electron chi connectivity index (χ3n) is 10.1. The topological polar surface area (TPSA) is 155 Å². The number of hydrogen-bond acceptors (Lipinski definition) is 8. The van der Waals surface area contributed by atoms with Crippen molar-refractivity contribution in [3.05, 3.63) is 48.6 Å². The van der Waals surface area contributed by atoms with Gasteiger partial charge in [0.05, 0.1) is 19.8 Å². The fourth-order valence-corrected chi connectivity index (χ4v) is 7.15. The SMILES string of the molecule is CCCCCC/C=C\CCCCCCCCOCC(COP(=O)(O)OCC(N)C(=O)O)OC(=O)CCCCCCCCCC/C=C\C/C=C\C/C=C\CCCCCCC. The lowest BCUT2D eigenvalue weighted by atomic mass is 10.1. The molecular formula is C48H88NO9P. The molecular weight excluding hydrogens is 765 g/mol. The number of phosphoric ester groups is 1. The quantitative estimate of drug-likeness (QED) is 0.0233. The van der Waals surface area contributed by atoms with Crippen LogP contribution in [0, 0.1) is 0 Å². The van der Waals surface area contributed by atoms with E-state index in [9.17, 15) is 19.0 Å². The predicted molar refractivity (Wildman–Crippen MR) is 244 cm³/mol. The molecule has 0 aromatic heterocycles. The van der Waals surface area contributed by atoms with Gasteiger partial charge in [0.1, 0.15) is 12.1 Å². The van der Waals surface area contributed by atoms with E-state index >= 15 is 0 Å². The number of carbonyl (C=O) groups excluding carboxylic acids is 1. The van der Waals surface area contributed by atoms with Gasteiger partial charge in [0.25, 0.3) is 0 Å². The Hall–Kier alpha value is -2.07. The molecule has 0 radical (unpaired) electrons. The number of rotatable bonds is 45. The molecule has 344 valence electrons. The van der Waals surface area contributed by atoms with E-state index in [1.54, 1.807) is 0 Å². The second kappa shape index (κ2) is 44.0. The summed E-state index contributed by atoms with van der Waals surface area (Å²) in [5, 5.41) is 8.91. The zero-order valence-electron chi connectivity index (χ0n) is 37.6. The summed E-state index contributed by atoms with van der Waals surface area (Å²) in [4.78, 5) is 33.6. The number of allylic oxidation sites excluding steroid dienone is 8. The molecule has 0 saturated carbocycles. The molecule has 4 N–H and O–H groups in total. The van der Waals surface area contributed by atoms with Gasteiger partial charge in [-0.25, -0.2) is 4.57 Å². The monoisotopic (exact) mass is 854 g/mol. The first kappa shape index (κ1) is 56.9. The van der Waals surface area contributed by atoms with Crippen molar-refractivity contribution >= 4 is 19.8 Å². The minimum Gasteiger partial charge on any atom is -0.480 e. The van der Waals surface area contributed by atoms with Crippen molar-refractivity contribution in [3.8, 4) is 0 Å². The van der Waals surface area contributed by atoms with Crippen LogP contribution in [0.3, 0.4) is 0 Å². The summed E-state index contributed by atoms with van der Waals surface area (Å²) < 4.78 is 33.4. The number of hydrogen-bond donors (Lipinski definition) is 3. The maximum Gasteiger partial charge on any atom is 0.472 e. The standard InChI is InChI=1S/C48H88NO9P/c1-3-5-7-9-11-13-15-17-19-20-21-22-23-24-25-26-27-28-30-32-34-36-38-40-47(50)58-45(43-56-59(53,54)57-44-46(49)48(51)52)42-55-41-39-37-35-33-31-29-18-16-14-12-10-8-6-4-2/h14-17,20-21,23-24,45-46H,3-13,18-19,22,25-44,49H2,1-2H3,(H,51,52)(H,53,54)/b16-14-,17-15-,21-20-,24-23-. The van der Waals surface area contributed by atoms with Crippen LogP contribution in [-0.4, -0.2) is 60.5 Å². The molecule has 0 heterocycles. The van der Waals surface area contributed by atoms with Gasteiger partial charge in [-0.15, -0.1) is 0 Å². The second-order valence-electron chi connectivity index (χ2n) is 15.9. The minimum absolute atomic E-state index is 0.00914. The van der Waals surface area contributed by atoms with Crippen LogP contribution in [0.1, 0.15) is 206 Å². The van der Waals surface area contributed by atoms with Crippen LogP contribution in [0.2, 0.25) is 0 Å². The number of nitrogens with two attached hydrogens (primary N) is 1. The van der Waals surface area contributed by atoms with Gasteiger partial charge < -0.3 is 25.2 Å². The number of carboxylic acid groups (broad SMARTS) is 1. The minimum atomic E-state index is -4.62. The first-order valence-electron chi connectivity index (χ1n) is 23.7. The Morgan fingerprint density at radius 2 is 0.932 bits per heavy atom. The summed E-state index contributed by atoms with van der Waals surface area (Å²) in [6.07, 6.45) is 51.6. The number of esters is 1. The smallest absolute Gasteiger partial charge is 0.472 e. The first-order chi connectivity index (χ1) is 28.7. The van der Waals surface area contributed by atoms with E-state index < -0.39 is 45.1 Å². The molecule has 0 bridgehead atoms. The summed E-state index contributed by atoms with van der Waals surface area (Å²) in [7, 11) is -4.62. The van der Waals surface area contributed by atoms with Crippen LogP contribution < -0.4 is 5.73 Å².